The van der Waals surface area contributed by atoms with Gasteiger partial charge in [0.05, 0.1) is 6.54 Å². The minimum Gasteiger partial charge on any atom is -0.349 e. The van der Waals surface area contributed by atoms with Gasteiger partial charge in [-0.05, 0) is 37.6 Å². The number of anilines is 1. The van der Waals surface area contributed by atoms with Gasteiger partial charge in [-0.3, -0.25) is 5.32 Å². The van der Waals surface area contributed by atoms with Crippen LogP contribution >= 0.6 is 0 Å². The number of piperidine rings is 1. The van der Waals surface area contributed by atoms with Crippen molar-refractivity contribution in [3.63, 3.8) is 0 Å². The molecule has 6 heteroatoms. The molecule has 1 atom stereocenters. The Morgan fingerprint density at radius 1 is 1.33 bits per heavy atom. The van der Waals surface area contributed by atoms with E-state index in [4.69, 9.17) is 0 Å². The van der Waals surface area contributed by atoms with Crippen LogP contribution in [-0.4, -0.2) is 46.7 Å². The van der Waals surface area contributed by atoms with E-state index in [1.54, 1.807) is 12.5 Å². The second-order valence-electron chi connectivity index (χ2n) is 5.82. The summed E-state index contributed by atoms with van der Waals surface area (Å²) >= 11 is 0. The largest absolute Gasteiger partial charge is 0.349 e. The normalized spacial score (nSPS) is 28.1. The van der Waals surface area contributed by atoms with E-state index in [-0.39, 0.29) is 5.66 Å². The van der Waals surface area contributed by atoms with Crippen LogP contribution in [0, 0.1) is 0 Å². The number of allylic oxidation sites excluding steroid dienone is 2. The molecule has 4 heterocycles. The van der Waals surface area contributed by atoms with Gasteiger partial charge in [-0.2, -0.15) is 0 Å². The Hall–Kier alpha value is -1.92. The molecule has 2 fully saturated rings. The summed E-state index contributed by atoms with van der Waals surface area (Å²) in [6.45, 7) is 3.98. The first-order chi connectivity index (χ1) is 10.4. The van der Waals surface area contributed by atoms with Gasteiger partial charge in [0.1, 0.15) is 17.8 Å². The van der Waals surface area contributed by atoms with Gasteiger partial charge in [0, 0.05) is 30.7 Å². The third-order valence-electron chi connectivity index (χ3n) is 4.50. The first-order valence-corrected chi connectivity index (χ1v) is 7.52. The van der Waals surface area contributed by atoms with Crippen LogP contribution in [0.5, 0.6) is 0 Å². The standard InChI is InChI=1S/C15H20N6/c1-5-15(10-16-6-1)19-8-13-3-2-12(9-21(13)15)20-14-4-7-17-11-18-14/h2-4,7,11,16,19H,1,5-6,8-10H2,(H,17,18,20). The van der Waals surface area contributed by atoms with Gasteiger partial charge in [-0.25, -0.2) is 9.97 Å². The van der Waals surface area contributed by atoms with Crippen molar-refractivity contribution in [2.75, 3.05) is 31.5 Å². The highest BCUT2D eigenvalue weighted by Crippen LogP contribution is 2.33. The summed E-state index contributed by atoms with van der Waals surface area (Å²) in [5, 5.41) is 10.6. The number of fused-ring (bicyclic) bond motifs is 2. The Labute approximate surface area is 124 Å². The average molecular weight is 284 g/mol. The molecule has 6 nitrogen and oxygen atoms in total. The first-order valence-electron chi connectivity index (χ1n) is 7.52. The van der Waals surface area contributed by atoms with Gasteiger partial charge in [0.2, 0.25) is 0 Å². The molecule has 0 amide bonds. The zero-order valence-electron chi connectivity index (χ0n) is 12.0. The van der Waals surface area contributed by atoms with Gasteiger partial charge in [-0.1, -0.05) is 0 Å². The third-order valence-corrected chi connectivity index (χ3v) is 4.50. The van der Waals surface area contributed by atoms with Crippen molar-refractivity contribution >= 4 is 5.82 Å². The van der Waals surface area contributed by atoms with Crippen LogP contribution in [0.2, 0.25) is 0 Å². The molecule has 21 heavy (non-hydrogen) atoms. The van der Waals surface area contributed by atoms with Gasteiger partial charge in [0.25, 0.3) is 0 Å². The molecule has 2 saturated heterocycles. The highest BCUT2D eigenvalue weighted by molar-refractivity contribution is 5.44. The molecular weight excluding hydrogens is 264 g/mol. The zero-order chi connectivity index (χ0) is 14.1. The van der Waals surface area contributed by atoms with Crippen LogP contribution in [0.25, 0.3) is 0 Å². The zero-order valence-corrected chi connectivity index (χ0v) is 12.0. The first kappa shape index (κ1) is 12.8. The van der Waals surface area contributed by atoms with E-state index in [1.807, 2.05) is 6.07 Å². The SMILES string of the molecule is C1=C(Nc2ccncn2)CN2C(=C1)CNC21CCCNC1. The minimum absolute atomic E-state index is 0.0803. The molecule has 0 saturated carbocycles. The van der Waals surface area contributed by atoms with E-state index in [0.29, 0.717) is 0 Å². The van der Waals surface area contributed by atoms with Crippen LogP contribution < -0.4 is 16.0 Å². The highest BCUT2D eigenvalue weighted by Gasteiger charge is 2.44. The fraction of sp³-hybridized carbons (Fsp3) is 0.467. The lowest BCUT2D eigenvalue weighted by Crippen LogP contribution is -2.61. The maximum atomic E-state index is 4.23. The van der Waals surface area contributed by atoms with Crippen molar-refractivity contribution in [1.82, 2.24) is 25.5 Å². The fourth-order valence-corrected chi connectivity index (χ4v) is 3.42. The van der Waals surface area contributed by atoms with Crippen molar-refractivity contribution in [2.45, 2.75) is 18.5 Å². The fourth-order valence-electron chi connectivity index (χ4n) is 3.42. The quantitative estimate of drug-likeness (QED) is 0.741. The van der Waals surface area contributed by atoms with E-state index in [9.17, 15) is 0 Å². The molecule has 3 N–H and O–H groups in total. The summed E-state index contributed by atoms with van der Waals surface area (Å²) < 4.78 is 0. The predicted molar refractivity (Wildman–Crippen MR) is 81.4 cm³/mol. The maximum Gasteiger partial charge on any atom is 0.133 e. The number of nitrogens with zero attached hydrogens (tertiary/aromatic N) is 3. The van der Waals surface area contributed by atoms with Crippen molar-refractivity contribution in [2.24, 2.45) is 0 Å². The van der Waals surface area contributed by atoms with Crippen molar-refractivity contribution < 1.29 is 0 Å². The van der Waals surface area contributed by atoms with E-state index < -0.39 is 0 Å². The molecule has 4 rings (SSSR count). The summed E-state index contributed by atoms with van der Waals surface area (Å²) in [6, 6.07) is 1.89. The van der Waals surface area contributed by atoms with E-state index >= 15 is 0 Å². The summed E-state index contributed by atoms with van der Waals surface area (Å²) in [4.78, 5) is 10.7. The van der Waals surface area contributed by atoms with Crippen molar-refractivity contribution in [3.05, 3.63) is 42.1 Å². The van der Waals surface area contributed by atoms with E-state index in [1.165, 1.54) is 24.2 Å². The van der Waals surface area contributed by atoms with Crippen LogP contribution in [0.1, 0.15) is 12.8 Å². The predicted octanol–water partition coefficient (Wildman–Crippen LogP) is 0.655. The Morgan fingerprint density at radius 2 is 2.33 bits per heavy atom. The number of aromatic nitrogens is 2. The topological polar surface area (TPSA) is 65.1 Å². The minimum atomic E-state index is 0.0803. The van der Waals surface area contributed by atoms with Gasteiger partial charge < -0.3 is 15.5 Å². The van der Waals surface area contributed by atoms with Gasteiger partial charge >= 0.3 is 0 Å². The lowest BCUT2D eigenvalue weighted by atomic mass is 9.98. The van der Waals surface area contributed by atoms with E-state index in [0.717, 1.165) is 32.0 Å². The van der Waals surface area contributed by atoms with Gasteiger partial charge in [0.15, 0.2) is 0 Å². The Kier molecular flexibility index (Phi) is 3.12. The lowest BCUT2D eigenvalue weighted by molar-refractivity contribution is 0.113. The summed E-state index contributed by atoms with van der Waals surface area (Å²) in [5.41, 5.74) is 2.63. The summed E-state index contributed by atoms with van der Waals surface area (Å²) in [6.07, 6.45) is 10.1. The van der Waals surface area contributed by atoms with Crippen molar-refractivity contribution in [3.8, 4) is 0 Å². The molecule has 0 radical (unpaired) electrons. The smallest absolute Gasteiger partial charge is 0.133 e. The Morgan fingerprint density at radius 3 is 3.14 bits per heavy atom. The molecule has 1 aromatic heterocycles. The molecule has 0 aromatic carbocycles. The van der Waals surface area contributed by atoms with Gasteiger partial charge in [-0.15, -0.1) is 0 Å². The number of hydrogen-bond acceptors (Lipinski definition) is 6. The molecule has 1 unspecified atom stereocenters. The third kappa shape index (κ3) is 2.30. The van der Waals surface area contributed by atoms with Crippen LogP contribution in [-0.2, 0) is 0 Å². The molecule has 3 aliphatic heterocycles. The number of nitrogens with one attached hydrogen (secondary N) is 3. The lowest BCUT2D eigenvalue weighted by Gasteiger charge is -2.44. The Balaban J connectivity index is 1.53. The number of rotatable bonds is 2. The van der Waals surface area contributed by atoms with E-state index in [2.05, 4.69) is 43.0 Å². The van der Waals surface area contributed by atoms with Crippen LogP contribution in [0.15, 0.2) is 42.1 Å². The second-order valence-corrected chi connectivity index (χ2v) is 5.82. The maximum absolute atomic E-state index is 4.23. The summed E-state index contributed by atoms with van der Waals surface area (Å²) in [5.74, 6) is 0.844. The molecule has 3 aliphatic rings. The Bertz CT molecular complexity index is 573. The monoisotopic (exact) mass is 284 g/mol. The average Bonchev–Trinajstić information content (AvgIpc) is 2.87. The molecule has 1 aromatic rings. The van der Waals surface area contributed by atoms with Crippen LogP contribution in [0.4, 0.5) is 5.82 Å². The molecular formula is C15H20N6. The molecule has 0 aliphatic carbocycles. The molecule has 1 spiro atoms. The molecule has 110 valence electrons. The second kappa shape index (κ2) is 5.13. The van der Waals surface area contributed by atoms with Crippen LogP contribution in [0.3, 0.4) is 0 Å². The summed E-state index contributed by atoms with van der Waals surface area (Å²) in [7, 11) is 0. The number of hydrogen-bond donors (Lipinski definition) is 3. The highest BCUT2D eigenvalue weighted by atomic mass is 15.4. The van der Waals surface area contributed by atoms with Crippen molar-refractivity contribution in [1.29, 1.82) is 0 Å². The molecule has 0 bridgehead atoms.